The zero-order valence-corrected chi connectivity index (χ0v) is 14.1. The van der Waals surface area contributed by atoms with E-state index in [0.29, 0.717) is 13.0 Å². The predicted molar refractivity (Wildman–Crippen MR) is 85.0 cm³/mol. The fraction of sp³-hybridized carbons (Fsp3) is 0.467. The smallest absolute Gasteiger partial charge is 0.326 e. The molecule has 1 atom stereocenters. The molecule has 0 saturated heterocycles. The van der Waals surface area contributed by atoms with Crippen molar-refractivity contribution in [1.29, 1.82) is 0 Å². The lowest BCUT2D eigenvalue weighted by molar-refractivity contribution is -0.139. The third-order valence-electron chi connectivity index (χ3n) is 3.01. The molecule has 116 valence electrons. The molecule has 0 bridgehead atoms. The summed E-state index contributed by atoms with van der Waals surface area (Å²) in [4.78, 5) is 24.7. The highest BCUT2D eigenvalue weighted by Gasteiger charge is 2.22. The highest BCUT2D eigenvalue weighted by Crippen LogP contribution is 2.17. The first-order chi connectivity index (χ1) is 9.81. The number of benzene rings is 1. The van der Waals surface area contributed by atoms with E-state index < -0.39 is 12.0 Å². The maximum Gasteiger partial charge on any atom is 0.326 e. The van der Waals surface area contributed by atoms with Gasteiger partial charge in [0, 0.05) is 18.1 Å². The standard InChI is InChI=1S/C15H21BrN2O3/c1-10(2)8-13(14(19)20)17-15(21)18(3)9-11-6-4-5-7-12(11)16/h4-7,10,13H,8-9H2,1-3H3,(H,17,21)(H,19,20)/t13-/m1/s1. The van der Waals surface area contributed by atoms with E-state index in [1.807, 2.05) is 38.1 Å². The monoisotopic (exact) mass is 356 g/mol. The molecule has 0 unspecified atom stereocenters. The molecular weight excluding hydrogens is 336 g/mol. The second-order valence-electron chi connectivity index (χ2n) is 5.42. The molecule has 0 radical (unpaired) electrons. The van der Waals surface area contributed by atoms with E-state index in [-0.39, 0.29) is 11.9 Å². The Kier molecular flexibility index (Phi) is 6.68. The van der Waals surface area contributed by atoms with Gasteiger partial charge < -0.3 is 15.3 Å². The quantitative estimate of drug-likeness (QED) is 0.822. The van der Waals surface area contributed by atoms with Gasteiger partial charge >= 0.3 is 12.0 Å². The first kappa shape index (κ1) is 17.5. The van der Waals surface area contributed by atoms with E-state index in [1.165, 1.54) is 4.90 Å². The molecule has 0 aliphatic rings. The van der Waals surface area contributed by atoms with Crippen molar-refractivity contribution in [3.63, 3.8) is 0 Å². The van der Waals surface area contributed by atoms with Crippen LogP contribution in [0.2, 0.25) is 0 Å². The predicted octanol–water partition coefficient (Wildman–Crippen LogP) is 3.09. The average molecular weight is 357 g/mol. The summed E-state index contributed by atoms with van der Waals surface area (Å²) in [5.41, 5.74) is 0.964. The van der Waals surface area contributed by atoms with Crippen LogP contribution in [-0.4, -0.2) is 35.1 Å². The molecule has 0 aromatic heterocycles. The summed E-state index contributed by atoms with van der Waals surface area (Å²) in [7, 11) is 1.64. The molecule has 0 saturated carbocycles. The van der Waals surface area contributed by atoms with Gasteiger partial charge in [-0.2, -0.15) is 0 Å². The molecule has 2 N–H and O–H groups in total. The molecule has 1 aromatic carbocycles. The summed E-state index contributed by atoms with van der Waals surface area (Å²) >= 11 is 3.43. The zero-order valence-electron chi connectivity index (χ0n) is 12.5. The van der Waals surface area contributed by atoms with Crippen LogP contribution in [0, 0.1) is 5.92 Å². The van der Waals surface area contributed by atoms with Crippen molar-refractivity contribution in [2.75, 3.05) is 7.05 Å². The number of carbonyl (C=O) groups is 2. The molecule has 5 nitrogen and oxygen atoms in total. The van der Waals surface area contributed by atoms with Crippen molar-refractivity contribution in [1.82, 2.24) is 10.2 Å². The summed E-state index contributed by atoms with van der Waals surface area (Å²) in [6, 6.07) is 6.36. The number of amides is 2. The van der Waals surface area contributed by atoms with E-state index >= 15 is 0 Å². The van der Waals surface area contributed by atoms with Crippen LogP contribution < -0.4 is 5.32 Å². The number of aliphatic carboxylic acids is 1. The van der Waals surface area contributed by atoms with Crippen LogP contribution in [-0.2, 0) is 11.3 Å². The molecular formula is C15H21BrN2O3. The fourth-order valence-corrected chi connectivity index (χ4v) is 2.32. The summed E-state index contributed by atoms with van der Waals surface area (Å²) < 4.78 is 0.918. The molecule has 1 rings (SSSR count). The molecule has 0 aliphatic carbocycles. The second-order valence-corrected chi connectivity index (χ2v) is 6.27. The number of carboxylic acid groups (broad SMARTS) is 1. The van der Waals surface area contributed by atoms with Crippen molar-refractivity contribution in [3.8, 4) is 0 Å². The van der Waals surface area contributed by atoms with Crippen LogP contribution in [0.3, 0.4) is 0 Å². The number of nitrogens with one attached hydrogen (secondary N) is 1. The van der Waals surface area contributed by atoms with Gasteiger partial charge in [-0.15, -0.1) is 0 Å². The van der Waals surface area contributed by atoms with E-state index in [1.54, 1.807) is 7.05 Å². The minimum atomic E-state index is -1.01. The topological polar surface area (TPSA) is 69.6 Å². The number of urea groups is 1. The summed E-state index contributed by atoms with van der Waals surface area (Å²) in [5, 5.41) is 11.7. The van der Waals surface area contributed by atoms with Gasteiger partial charge in [0.1, 0.15) is 6.04 Å². The molecule has 2 amide bonds. The first-order valence-corrected chi connectivity index (χ1v) is 7.58. The summed E-state index contributed by atoms with van der Waals surface area (Å²) in [6.45, 7) is 4.25. The van der Waals surface area contributed by atoms with Crippen LogP contribution >= 0.6 is 15.9 Å². The van der Waals surface area contributed by atoms with Gasteiger partial charge in [0.05, 0.1) is 0 Å². The normalized spacial score (nSPS) is 12.0. The molecule has 0 heterocycles. The Hall–Kier alpha value is -1.56. The number of halogens is 1. The molecule has 1 aromatic rings. The van der Waals surface area contributed by atoms with Gasteiger partial charge in [-0.05, 0) is 24.0 Å². The van der Waals surface area contributed by atoms with Crippen LogP contribution in [0.4, 0.5) is 4.79 Å². The second kappa shape index (κ2) is 8.02. The number of carbonyl (C=O) groups excluding carboxylic acids is 1. The number of hydrogen-bond donors (Lipinski definition) is 2. The Morgan fingerprint density at radius 2 is 1.95 bits per heavy atom. The van der Waals surface area contributed by atoms with Crippen molar-refractivity contribution < 1.29 is 14.7 Å². The number of rotatable bonds is 6. The van der Waals surface area contributed by atoms with E-state index in [2.05, 4.69) is 21.2 Å². The Bertz CT molecular complexity index is 505. The fourth-order valence-electron chi connectivity index (χ4n) is 1.91. The SMILES string of the molecule is CC(C)C[C@@H](NC(=O)N(C)Cc1ccccc1Br)C(=O)O. The van der Waals surface area contributed by atoms with Gasteiger partial charge in [0.25, 0.3) is 0 Å². The Morgan fingerprint density at radius 1 is 1.33 bits per heavy atom. The highest BCUT2D eigenvalue weighted by molar-refractivity contribution is 9.10. The van der Waals surface area contributed by atoms with Gasteiger partial charge in [-0.25, -0.2) is 9.59 Å². The number of hydrogen-bond acceptors (Lipinski definition) is 2. The maximum absolute atomic E-state index is 12.1. The molecule has 0 aliphatic heterocycles. The minimum absolute atomic E-state index is 0.194. The first-order valence-electron chi connectivity index (χ1n) is 6.79. The maximum atomic E-state index is 12.1. The summed E-state index contributed by atoms with van der Waals surface area (Å²) in [5.74, 6) is -0.814. The lowest BCUT2D eigenvalue weighted by Crippen LogP contribution is -2.47. The van der Waals surface area contributed by atoms with Crippen molar-refractivity contribution in [2.45, 2.75) is 32.9 Å². The lowest BCUT2D eigenvalue weighted by atomic mass is 10.0. The van der Waals surface area contributed by atoms with E-state index in [4.69, 9.17) is 5.11 Å². The number of nitrogens with zero attached hydrogens (tertiary/aromatic N) is 1. The van der Waals surface area contributed by atoms with Gasteiger partial charge in [-0.1, -0.05) is 48.0 Å². The highest BCUT2D eigenvalue weighted by atomic mass is 79.9. The van der Waals surface area contributed by atoms with Crippen LogP contribution in [0.1, 0.15) is 25.8 Å². The van der Waals surface area contributed by atoms with E-state index in [0.717, 1.165) is 10.0 Å². The largest absolute Gasteiger partial charge is 0.480 e. The Labute approximate surface area is 133 Å². The number of carboxylic acids is 1. The van der Waals surface area contributed by atoms with Crippen molar-refractivity contribution in [2.24, 2.45) is 5.92 Å². The van der Waals surface area contributed by atoms with Gasteiger partial charge in [0.2, 0.25) is 0 Å². The van der Waals surface area contributed by atoms with Crippen LogP contribution in [0.5, 0.6) is 0 Å². The summed E-state index contributed by atoms with van der Waals surface area (Å²) in [6.07, 6.45) is 0.407. The zero-order chi connectivity index (χ0) is 16.0. The molecule has 0 fully saturated rings. The molecule has 6 heteroatoms. The Morgan fingerprint density at radius 3 is 2.48 bits per heavy atom. The third kappa shape index (κ3) is 5.75. The molecule has 0 spiro atoms. The van der Waals surface area contributed by atoms with Crippen molar-refractivity contribution >= 4 is 27.9 Å². The third-order valence-corrected chi connectivity index (χ3v) is 3.79. The lowest BCUT2D eigenvalue weighted by Gasteiger charge is -2.22. The van der Waals surface area contributed by atoms with Gasteiger partial charge in [0.15, 0.2) is 0 Å². The van der Waals surface area contributed by atoms with Crippen LogP contribution in [0.25, 0.3) is 0 Å². The Balaban J connectivity index is 2.65. The van der Waals surface area contributed by atoms with Crippen LogP contribution in [0.15, 0.2) is 28.7 Å². The minimum Gasteiger partial charge on any atom is -0.480 e. The molecule has 21 heavy (non-hydrogen) atoms. The van der Waals surface area contributed by atoms with E-state index in [9.17, 15) is 9.59 Å². The van der Waals surface area contributed by atoms with Crippen molar-refractivity contribution in [3.05, 3.63) is 34.3 Å². The van der Waals surface area contributed by atoms with Gasteiger partial charge in [-0.3, -0.25) is 0 Å². The average Bonchev–Trinajstić information content (AvgIpc) is 2.39.